The molecule has 0 unspecified atom stereocenters. The quantitative estimate of drug-likeness (QED) is 0.380. The standard InChI is InChI=1S/C29H33N7O3/c1-38-29(37)32-23-6-4-22(5-7-23)27-33-26-24(28(34-27)36-13-15-39-16-14-36)18-31-25(26)21-8-11-35(12-9-21)19-20-3-2-10-30-17-20/h2-7,10,17-18,21,31H,8-9,11-16,19H2,1H3,(H,32,37). The van der Waals surface area contributed by atoms with Gasteiger partial charge in [-0.2, -0.15) is 0 Å². The highest BCUT2D eigenvalue weighted by Gasteiger charge is 2.27. The maximum absolute atomic E-state index is 11.6. The third-order valence-corrected chi connectivity index (χ3v) is 7.56. The number of methoxy groups -OCH3 is 1. The molecule has 202 valence electrons. The minimum Gasteiger partial charge on any atom is -0.453 e. The molecule has 10 nitrogen and oxygen atoms in total. The number of fused-ring (bicyclic) bond motifs is 1. The molecular formula is C29H33N7O3. The largest absolute Gasteiger partial charge is 0.453 e. The molecule has 3 aromatic heterocycles. The number of H-pyrrole nitrogens is 1. The summed E-state index contributed by atoms with van der Waals surface area (Å²) < 4.78 is 10.3. The van der Waals surface area contributed by atoms with Gasteiger partial charge in [0, 0.05) is 61.1 Å². The van der Waals surface area contributed by atoms with Gasteiger partial charge in [0.05, 0.1) is 31.2 Å². The predicted octanol–water partition coefficient (Wildman–Crippen LogP) is 4.41. The Morgan fingerprint density at radius 2 is 1.90 bits per heavy atom. The maximum atomic E-state index is 11.6. The Morgan fingerprint density at radius 3 is 2.62 bits per heavy atom. The SMILES string of the molecule is COC(=O)Nc1ccc(-c2nc(N3CCOCC3)c3c[nH]c(C4CCN(Cc5cccnc5)CC4)c3n2)cc1. The molecule has 2 fully saturated rings. The zero-order valence-electron chi connectivity index (χ0n) is 22.1. The van der Waals surface area contributed by atoms with Crippen molar-refractivity contribution < 1.29 is 14.3 Å². The van der Waals surface area contributed by atoms with Crippen molar-refractivity contribution in [1.29, 1.82) is 0 Å². The molecule has 1 aromatic carbocycles. The van der Waals surface area contributed by atoms with Gasteiger partial charge in [0.15, 0.2) is 5.82 Å². The summed E-state index contributed by atoms with van der Waals surface area (Å²) in [5.74, 6) is 2.01. The summed E-state index contributed by atoms with van der Waals surface area (Å²) in [7, 11) is 1.35. The summed E-state index contributed by atoms with van der Waals surface area (Å²) in [5.41, 5.74) is 4.97. The van der Waals surface area contributed by atoms with Crippen LogP contribution in [0.25, 0.3) is 22.3 Å². The van der Waals surface area contributed by atoms with Crippen molar-refractivity contribution in [2.24, 2.45) is 0 Å². The van der Waals surface area contributed by atoms with E-state index in [4.69, 9.17) is 19.4 Å². The summed E-state index contributed by atoms with van der Waals surface area (Å²) in [6.07, 6.45) is 7.48. The van der Waals surface area contributed by atoms with Crippen LogP contribution in [0.4, 0.5) is 16.3 Å². The third kappa shape index (κ3) is 5.57. The number of piperidine rings is 1. The second-order valence-electron chi connectivity index (χ2n) is 10.0. The van der Waals surface area contributed by atoms with E-state index in [1.807, 2.05) is 42.7 Å². The van der Waals surface area contributed by atoms with Crippen molar-refractivity contribution >= 4 is 28.5 Å². The van der Waals surface area contributed by atoms with Gasteiger partial charge in [-0.25, -0.2) is 14.8 Å². The monoisotopic (exact) mass is 527 g/mol. The normalized spacial score (nSPS) is 16.9. The molecule has 6 rings (SSSR count). The van der Waals surface area contributed by atoms with E-state index in [2.05, 4.69) is 37.3 Å². The van der Waals surface area contributed by atoms with Gasteiger partial charge in [0.25, 0.3) is 0 Å². The molecule has 2 saturated heterocycles. The number of rotatable bonds is 6. The molecule has 39 heavy (non-hydrogen) atoms. The number of nitrogens with zero attached hydrogens (tertiary/aromatic N) is 5. The Morgan fingerprint density at radius 1 is 1.10 bits per heavy atom. The number of pyridine rings is 1. The van der Waals surface area contributed by atoms with Gasteiger partial charge in [0.1, 0.15) is 5.82 Å². The molecule has 2 N–H and O–H groups in total. The molecule has 1 amide bonds. The number of amides is 1. The highest BCUT2D eigenvalue weighted by Crippen LogP contribution is 2.36. The smallest absolute Gasteiger partial charge is 0.411 e. The van der Waals surface area contributed by atoms with Crippen LogP contribution in [0.3, 0.4) is 0 Å². The summed E-state index contributed by atoms with van der Waals surface area (Å²) in [4.78, 5) is 34.4. The Hall–Kier alpha value is -4.02. The molecule has 0 radical (unpaired) electrons. The average Bonchev–Trinajstić information content (AvgIpc) is 3.42. The van der Waals surface area contributed by atoms with Crippen LogP contribution in [0, 0.1) is 0 Å². The van der Waals surface area contributed by atoms with E-state index in [9.17, 15) is 4.79 Å². The number of nitrogens with one attached hydrogen (secondary N) is 2. The van der Waals surface area contributed by atoms with Gasteiger partial charge in [-0.15, -0.1) is 0 Å². The summed E-state index contributed by atoms with van der Waals surface area (Å²) >= 11 is 0. The second kappa shape index (κ2) is 11.4. The summed E-state index contributed by atoms with van der Waals surface area (Å²) in [6, 6.07) is 11.7. The highest BCUT2D eigenvalue weighted by atomic mass is 16.5. The van der Waals surface area contributed by atoms with E-state index in [0.29, 0.717) is 30.6 Å². The van der Waals surface area contributed by atoms with Crippen molar-refractivity contribution in [2.45, 2.75) is 25.3 Å². The molecule has 10 heteroatoms. The van der Waals surface area contributed by atoms with E-state index < -0.39 is 6.09 Å². The van der Waals surface area contributed by atoms with E-state index in [0.717, 1.165) is 67.8 Å². The number of ether oxygens (including phenoxy) is 2. The minimum absolute atomic E-state index is 0.402. The van der Waals surface area contributed by atoms with Crippen molar-refractivity contribution in [3.63, 3.8) is 0 Å². The number of benzene rings is 1. The molecule has 0 bridgehead atoms. The van der Waals surface area contributed by atoms with E-state index >= 15 is 0 Å². The predicted molar refractivity (Wildman–Crippen MR) is 150 cm³/mol. The number of likely N-dealkylation sites (tertiary alicyclic amines) is 1. The van der Waals surface area contributed by atoms with E-state index in [1.165, 1.54) is 18.4 Å². The maximum Gasteiger partial charge on any atom is 0.411 e. The number of carbonyl (C=O) groups excluding carboxylic acids is 1. The molecule has 0 spiro atoms. The third-order valence-electron chi connectivity index (χ3n) is 7.56. The number of hydrogen-bond acceptors (Lipinski definition) is 8. The lowest BCUT2D eigenvalue weighted by molar-refractivity contribution is 0.122. The van der Waals surface area contributed by atoms with Crippen LogP contribution in [0.5, 0.6) is 0 Å². The van der Waals surface area contributed by atoms with Crippen LogP contribution < -0.4 is 10.2 Å². The molecule has 2 aliphatic rings. The van der Waals surface area contributed by atoms with E-state index in [-0.39, 0.29) is 0 Å². The van der Waals surface area contributed by atoms with Gasteiger partial charge in [-0.1, -0.05) is 6.07 Å². The first kappa shape index (κ1) is 25.3. The second-order valence-corrected chi connectivity index (χ2v) is 10.0. The number of carbonyl (C=O) groups is 1. The highest BCUT2D eigenvalue weighted by molar-refractivity contribution is 5.93. The Bertz CT molecular complexity index is 1410. The summed E-state index contributed by atoms with van der Waals surface area (Å²) in [5, 5.41) is 3.75. The minimum atomic E-state index is -0.501. The van der Waals surface area contributed by atoms with Gasteiger partial charge in [-0.05, 0) is 61.8 Å². The van der Waals surface area contributed by atoms with Gasteiger partial charge in [0.2, 0.25) is 0 Å². The Balaban J connectivity index is 1.29. The fourth-order valence-corrected chi connectivity index (χ4v) is 5.47. The number of aromatic nitrogens is 4. The zero-order valence-corrected chi connectivity index (χ0v) is 22.1. The molecule has 2 aliphatic heterocycles. The number of aromatic amines is 1. The summed E-state index contributed by atoms with van der Waals surface area (Å²) in [6.45, 7) is 5.94. The van der Waals surface area contributed by atoms with Crippen molar-refractivity contribution in [3.8, 4) is 11.4 Å². The lowest BCUT2D eigenvalue weighted by Gasteiger charge is -2.31. The van der Waals surface area contributed by atoms with Crippen LogP contribution in [-0.4, -0.2) is 77.4 Å². The van der Waals surface area contributed by atoms with Crippen LogP contribution >= 0.6 is 0 Å². The molecule has 0 aliphatic carbocycles. The first-order valence-electron chi connectivity index (χ1n) is 13.5. The first-order chi connectivity index (χ1) is 19.2. The van der Waals surface area contributed by atoms with Crippen molar-refractivity contribution in [2.75, 3.05) is 56.7 Å². The fourth-order valence-electron chi connectivity index (χ4n) is 5.47. The van der Waals surface area contributed by atoms with Crippen LogP contribution in [0.15, 0.2) is 55.0 Å². The topological polar surface area (TPSA) is 108 Å². The lowest BCUT2D eigenvalue weighted by Crippen LogP contribution is -2.37. The van der Waals surface area contributed by atoms with E-state index in [1.54, 1.807) is 0 Å². The Labute approximate surface area is 227 Å². The molecule has 5 heterocycles. The number of hydrogen-bond donors (Lipinski definition) is 2. The molecule has 4 aromatic rings. The molecular weight excluding hydrogens is 494 g/mol. The number of morpholine rings is 1. The van der Waals surface area contributed by atoms with Crippen LogP contribution in [0.2, 0.25) is 0 Å². The number of anilines is 2. The zero-order chi connectivity index (χ0) is 26.6. The van der Waals surface area contributed by atoms with Crippen molar-refractivity contribution in [3.05, 3.63) is 66.2 Å². The van der Waals surface area contributed by atoms with Gasteiger partial charge in [-0.3, -0.25) is 15.2 Å². The fraction of sp³-hybridized carbons (Fsp3) is 0.379. The molecule has 0 saturated carbocycles. The van der Waals surface area contributed by atoms with Crippen molar-refractivity contribution in [1.82, 2.24) is 24.8 Å². The van der Waals surface area contributed by atoms with Gasteiger partial charge < -0.3 is 19.4 Å². The molecule has 0 atom stereocenters. The van der Waals surface area contributed by atoms with Crippen LogP contribution in [-0.2, 0) is 16.0 Å². The average molecular weight is 528 g/mol. The lowest BCUT2D eigenvalue weighted by atomic mass is 9.92. The van der Waals surface area contributed by atoms with Gasteiger partial charge >= 0.3 is 6.09 Å². The first-order valence-corrected chi connectivity index (χ1v) is 13.5. The Kier molecular flexibility index (Phi) is 7.38. The van der Waals surface area contributed by atoms with Crippen LogP contribution in [0.1, 0.15) is 30.0 Å².